The summed E-state index contributed by atoms with van der Waals surface area (Å²) in [6.45, 7) is 6.11. The Morgan fingerprint density at radius 1 is 1.53 bits per heavy atom. The van der Waals surface area contributed by atoms with Crippen LogP contribution in [0.1, 0.15) is 38.4 Å². The van der Waals surface area contributed by atoms with Gasteiger partial charge in [0.25, 0.3) is 0 Å². The minimum absolute atomic E-state index is 0.0174. The number of rotatable bonds is 7. The Labute approximate surface area is 120 Å². The SMILES string of the molecule is CC(C)c1cnc(SCC(=O)O)n1C(C)CS(C)=O. The van der Waals surface area contributed by atoms with Crippen molar-refractivity contribution in [2.45, 2.75) is 37.9 Å². The number of hydrogen-bond donors (Lipinski definition) is 1. The molecule has 5 nitrogen and oxygen atoms in total. The third kappa shape index (κ3) is 4.65. The van der Waals surface area contributed by atoms with Crippen molar-refractivity contribution < 1.29 is 14.1 Å². The first-order valence-corrected chi connectivity index (χ1v) is 8.76. The van der Waals surface area contributed by atoms with Crippen LogP contribution in [0.15, 0.2) is 11.4 Å². The Kier molecular flexibility index (Phi) is 6.06. The van der Waals surface area contributed by atoms with Crippen LogP contribution in [0.3, 0.4) is 0 Å². The van der Waals surface area contributed by atoms with Crippen molar-refractivity contribution in [1.82, 2.24) is 9.55 Å². The van der Waals surface area contributed by atoms with E-state index < -0.39 is 16.8 Å². The summed E-state index contributed by atoms with van der Waals surface area (Å²) in [4.78, 5) is 15.0. The molecule has 1 aromatic heterocycles. The van der Waals surface area contributed by atoms with E-state index in [4.69, 9.17) is 5.11 Å². The number of nitrogens with zero attached hydrogens (tertiary/aromatic N) is 2. The number of aliphatic carboxylic acids is 1. The fourth-order valence-corrected chi connectivity index (χ4v) is 3.51. The number of hydrogen-bond acceptors (Lipinski definition) is 4. The molecule has 0 saturated carbocycles. The highest BCUT2D eigenvalue weighted by atomic mass is 32.2. The zero-order valence-electron chi connectivity index (χ0n) is 11.6. The number of imidazole rings is 1. The van der Waals surface area contributed by atoms with E-state index in [1.165, 1.54) is 11.8 Å². The third-order valence-electron chi connectivity index (χ3n) is 2.62. The summed E-state index contributed by atoms with van der Waals surface area (Å²) in [7, 11) is -0.897. The maximum absolute atomic E-state index is 11.4. The van der Waals surface area contributed by atoms with E-state index in [1.807, 2.05) is 11.5 Å². The molecule has 0 bridgehead atoms. The van der Waals surface area contributed by atoms with Crippen LogP contribution in [0, 0.1) is 0 Å². The van der Waals surface area contributed by atoms with Crippen LogP contribution in [-0.4, -0.2) is 42.6 Å². The fraction of sp³-hybridized carbons (Fsp3) is 0.667. The zero-order chi connectivity index (χ0) is 14.6. The zero-order valence-corrected chi connectivity index (χ0v) is 13.3. The van der Waals surface area contributed by atoms with Gasteiger partial charge in [-0.25, -0.2) is 4.98 Å². The molecule has 0 aliphatic rings. The monoisotopic (exact) mass is 304 g/mol. The van der Waals surface area contributed by atoms with Crippen molar-refractivity contribution in [3.63, 3.8) is 0 Å². The van der Waals surface area contributed by atoms with E-state index in [2.05, 4.69) is 18.8 Å². The minimum Gasteiger partial charge on any atom is -0.481 e. The van der Waals surface area contributed by atoms with Crippen LogP contribution < -0.4 is 0 Å². The average Bonchev–Trinajstić information content (AvgIpc) is 2.68. The quantitative estimate of drug-likeness (QED) is 0.781. The Hall–Kier alpha value is -0.820. The second-order valence-corrected chi connectivity index (χ2v) is 7.18. The van der Waals surface area contributed by atoms with Crippen molar-refractivity contribution in [3.8, 4) is 0 Å². The van der Waals surface area contributed by atoms with Crippen LogP contribution in [0.4, 0.5) is 0 Å². The van der Waals surface area contributed by atoms with Gasteiger partial charge in [-0.1, -0.05) is 25.6 Å². The minimum atomic E-state index is -0.897. The van der Waals surface area contributed by atoms with E-state index in [1.54, 1.807) is 12.5 Å². The van der Waals surface area contributed by atoms with Gasteiger partial charge in [0.2, 0.25) is 0 Å². The van der Waals surface area contributed by atoms with Crippen LogP contribution in [0.5, 0.6) is 0 Å². The largest absolute Gasteiger partial charge is 0.481 e. The van der Waals surface area contributed by atoms with E-state index >= 15 is 0 Å². The van der Waals surface area contributed by atoms with Crippen molar-refractivity contribution >= 4 is 28.5 Å². The maximum atomic E-state index is 11.4. The molecule has 0 fully saturated rings. The van der Waals surface area contributed by atoms with E-state index in [-0.39, 0.29) is 11.8 Å². The molecule has 19 heavy (non-hydrogen) atoms. The van der Waals surface area contributed by atoms with Gasteiger partial charge in [-0.05, 0) is 12.8 Å². The van der Waals surface area contributed by atoms with Gasteiger partial charge in [0.1, 0.15) is 0 Å². The van der Waals surface area contributed by atoms with Gasteiger partial charge < -0.3 is 9.67 Å². The Balaban J connectivity index is 3.03. The molecule has 2 unspecified atom stereocenters. The van der Waals surface area contributed by atoms with Crippen LogP contribution in [-0.2, 0) is 15.6 Å². The third-order valence-corrected chi connectivity index (χ3v) is 4.53. The normalized spacial score (nSPS) is 14.6. The first-order chi connectivity index (χ1) is 8.82. The predicted octanol–water partition coefficient (Wildman–Crippen LogP) is 2.12. The Morgan fingerprint density at radius 2 is 2.16 bits per heavy atom. The van der Waals surface area contributed by atoms with Gasteiger partial charge in [0.05, 0.1) is 5.75 Å². The topological polar surface area (TPSA) is 72.2 Å². The number of carbonyl (C=O) groups is 1. The van der Waals surface area contributed by atoms with Gasteiger partial charge in [-0.15, -0.1) is 0 Å². The number of thioether (sulfide) groups is 1. The molecule has 0 aliphatic carbocycles. The number of aromatic nitrogens is 2. The second kappa shape index (κ2) is 7.09. The molecule has 1 heterocycles. The van der Waals surface area contributed by atoms with E-state index in [0.717, 1.165) is 5.69 Å². The molecule has 0 amide bonds. The van der Waals surface area contributed by atoms with Crippen molar-refractivity contribution in [3.05, 3.63) is 11.9 Å². The fourth-order valence-electron chi connectivity index (χ4n) is 1.87. The Bertz CT molecular complexity index is 472. The molecule has 0 saturated heterocycles. The molecule has 0 radical (unpaired) electrons. The molecule has 7 heteroatoms. The summed E-state index contributed by atoms with van der Waals surface area (Å²) in [5, 5.41) is 9.44. The van der Waals surface area contributed by atoms with Crippen molar-refractivity contribution in [2.75, 3.05) is 17.8 Å². The average molecular weight is 304 g/mol. The first-order valence-electron chi connectivity index (χ1n) is 6.04. The van der Waals surface area contributed by atoms with E-state index in [9.17, 15) is 9.00 Å². The van der Waals surface area contributed by atoms with Gasteiger partial charge in [0, 0.05) is 40.7 Å². The number of carboxylic acid groups (broad SMARTS) is 1. The summed E-state index contributed by atoms with van der Waals surface area (Å²) in [5.41, 5.74) is 1.05. The van der Waals surface area contributed by atoms with Crippen LogP contribution >= 0.6 is 11.8 Å². The summed E-state index contributed by atoms with van der Waals surface area (Å²) in [6.07, 6.45) is 3.45. The lowest BCUT2D eigenvalue weighted by molar-refractivity contribution is -0.133. The van der Waals surface area contributed by atoms with Crippen LogP contribution in [0.2, 0.25) is 0 Å². The molecule has 108 valence electrons. The highest BCUT2D eigenvalue weighted by molar-refractivity contribution is 7.99. The van der Waals surface area contributed by atoms with Crippen molar-refractivity contribution in [2.24, 2.45) is 0 Å². The summed E-state index contributed by atoms with van der Waals surface area (Å²) < 4.78 is 13.4. The van der Waals surface area contributed by atoms with E-state index in [0.29, 0.717) is 16.8 Å². The molecule has 0 aromatic carbocycles. The van der Waals surface area contributed by atoms with Crippen LogP contribution in [0.25, 0.3) is 0 Å². The van der Waals surface area contributed by atoms with Gasteiger partial charge in [-0.2, -0.15) is 0 Å². The smallest absolute Gasteiger partial charge is 0.313 e. The molecule has 1 aromatic rings. The molecule has 2 atom stereocenters. The van der Waals surface area contributed by atoms with Gasteiger partial charge in [-0.3, -0.25) is 9.00 Å². The molecular formula is C12H20N2O3S2. The second-order valence-electron chi connectivity index (χ2n) is 4.76. The molecule has 1 N–H and O–H groups in total. The lowest BCUT2D eigenvalue weighted by Gasteiger charge is -2.19. The molecule has 1 rings (SSSR count). The molecule has 0 spiro atoms. The standard InChI is InChI=1S/C12H20N2O3S2/c1-8(2)10-5-13-12(18-6-11(15)16)14(10)9(3)7-19(4)17/h5,8-9H,6-7H2,1-4H3,(H,15,16). The predicted molar refractivity (Wildman–Crippen MR) is 78.3 cm³/mol. The summed E-state index contributed by atoms with van der Waals surface area (Å²) in [5.74, 6) is -0.0514. The maximum Gasteiger partial charge on any atom is 0.313 e. The lowest BCUT2D eigenvalue weighted by atomic mass is 10.1. The molecule has 0 aliphatic heterocycles. The Morgan fingerprint density at radius 3 is 2.63 bits per heavy atom. The highest BCUT2D eigenvalue weighted by Gasteiger charge is 2.19. The summed E-state index contributed by atoms with van der Waals surface area (Å²) in [6, 6.07) is 0.0435. The highest BCUT2D eigenvalue weighted by Crippen LogP contribution is 2.27. The summed E-state index contributed by atoms with van der Waals surface area (Å²) >= 11 is 1.20. The lowest BCUT2D eigenvalue weighted by Crippen LogP contribution is -2.17. The number of carboxylic acids is 1. The van der Waals surface area contributed by atoms with Crippen molar-refractivity contribution in [1.29, 1.82) is 0 Å². The first kappa shape index (κ1) is 16.2. The van der Waals surface area contributed by atoms with Gasteiger partial charge >= 0.3 is 5.97 Å². The molecular weight excluding hydrogens is 284 g/mol. The van der Waals surface area contributed by atoms with Gasteiger partial charge in [0.15, 0.2) is 5.16 Å².